The maximum Gasteiger partial charge on any atom is 0.228 e. The molecule has 1 aliphatic carbocycles. The number of nitrogens with zero attached hydrogens (tertiary/aromatic N) is 3. The molecule has 1 saturated carbocycles. The van der Waals surface area contributed by atoms with Gasteiger partial charge >= 0.3 is 0 Å². The van der Waals surface area contributed by atoms with Gasteiger partial charge in [-0.3, -0.25) is 4.79 Å². The number of rotatable bonds is 6. The Morgan fingerprint density at radius 1 is 1.06 bits per heavy atom. The van der Waals surface area contributed by atoms with Crippen LogP contribution in [0.5, 0.6) is 0 Å². The van der Waals surface area contributed by atoms with Crippen molar-refractivity contribution in [1.29, 1.82) is 0 Å². The van der Waals surface area contributed by atoms with Gasteiger partial charge in [0.2, 0.25) is 5.91 Å². The van der Waals surface area contributed by atoms with E-state index in [1.807, 2.05) is 19.3 Å². The second kappa shape index (κ2) is 8.96. The molecule has 2 N–H and O–H groups in total. The van der Waals surface area contributed by atoms with Crippen LogP contribution >= 0.6 is 0 Å². The van der Waals surface area contributed by atoms with Crippen LogP contribution in [0.2, 0.25) is 0 Å². The van der Waals surface area contributed by atoms with Crippen LogP contribution in [0, 0.1) is 5.92 Å². The number of nitrogens with one attached hydrogen (secondary N) is 2. The number of fused-ring (bicyclic) bond motifs is 1. The lowest BCUT2D eigenvalue weighted by atomic mass is 10.1. The van der Waals surface area contributed by atoms with E-state index in [1.165, 1.54) is 5.69 Å². The summed E-state index contributed by atoms with van der Waals surface area (Å²) < 4.78 is 5.44. The molecule has 2 aliphatic rings. The van der Waals surface area contributed by atoms with Crippen molar-refractivity contribution < 1.29 is 9.53 Å². The van der Waals surface area contributed by atoms with Crippen LogP contribution in [0.3, 0.4) is 0 Å². The number of morpholine rings is 1. The monoisotopic (exact) mass is 429 g/mol. The number of hydrogen-bond acceptors (Lipinski definition) is 6. The fourth-order valence-corrected chi connectivity index (χ4v) is 3.93. The third-order valence-electron chi connectivity index (χ3n) is 5.96. The van der Waals surface area contributed by atoms with E-state index in [-0.39, 0.29) is 11.8 Å². The molecule has 0 unspecified atom stereocenters. The van der Waals surface area contributed by atoms with Crippen molar-refractivity contribution in [2.45, 2.75) is 12.8 Å². The standard InChI is InChI=1S/C25H27N5O2/c1-26-24-22-16-27-23(29-25(31)18-6-7-18)14-21(22)19(15-28-24)5-2-17-3-8-20(9-4-17)30-10-12-32-13-11-30/h2-5,8-9,14-16,18H,6-7,10-13H2,1H3,(H,26,28)(H,27,29,31). The Balaban J connectivity index is 1.40. The van der Waals surface area contributed by atoms with Crippen molar-refractivity contribution in [3.05, 3.63) is 53.9 Å². The minimum absolute atomic E-state index is 0.0530. The van der Waals surface area contributed by atoms with Crippen LogP contribution in [0.15, 0.2) is 42.7 Å². The molecule has 32 heavy (non-hydrogen) atoms. The summed E-state index contributed by atoms with van der Waals surface area (Å²) in [6.45, 7) is 3.42. The first kappa shape index (κ1) is 20.5. The molecule has 7 heteroatoms. The van der Waals surface area contributed by atoms with Crippen molar-refractivity contribution in [2.75, 3.05) is 48.9 Å². The number of amides is 1. The highest BCUT2D eigenvalue weighted by molar-refractivity contribution is 6.01. The van der Waals surface area contributed by atoms with Crippen molar-refractivity contribution in [3.63, 3.8) is 0 Å². The molecule has 0 radical (unpaired) electrons. The van der Waals surface area contributed by atoms with Gasteiger partial charge in [0, 0.05) is 55.1 Å². The Kier molecular flexibility index (Phi) is 5.73. The van der Waals surface area contributed by atoms with Gasteiger partial charge in [0.25, 0.3) is 0 Å². The summed E-state index contributed by atoms with van der Waals surface area (Å²) in [5.41, 5.74) is 3.31. The van der Waals surface area contributed by atoms with Crippen molar-refractivity contribution in [1.82, 2.24) is 9.97 Å². The second-order valence-corrected chi connectivity index (χ2v) is 8.22. The highest BCUT2D eigenvalue weighted by Crippen LogP contribution is 2.31. The van der Waals surface area contributed by atoms with Gasteiger partial charge in [-0.05, 0) is 42.0 Å². The molecule has 2 aromatic heterocycles. The van der Waals surface area contributed by atoms with E-state index in [0.717, 1.165) is 66.9 Å². The number of hydrogen-bond donors (Lipinski definition) is 2. The molecule has 1 amide bonds. The number of ether oxygens (including phenoxy) is 1. The van der Waals surface area contributed by atoms with Crippen LogP contribution in [-0.2, 0) is 9.53 Å². The van der Waals surface area contributed by atoms with Crippen molar-refractivity contribution >= 4 is 46.2 Å². The molecule has 0 atom stereocenters. The quantitative estimate of drug-likeness (QED) is 0.616. The Hall–Kier alpha value is -3.45. The van der Waals surface area contributed by atoms with Crippen LogP contribution in [0.1, 0.15) is 24.0 Å². The van der Waals surface area contributed by atoms with E-state index >= 15 is 0 Å². The summed E-state index contributed by atoms with van der Waals surface area (Å²) in [4.78, 5) is 23.5. The lowest BCUT2D eigenvalue weighted by molar-refractivity contribution is -0.117. The average Bonchev–Trinajstić information content (AvgIpc) is 3.69. The lowest BCUT2D eigenvalue weighted by Crippen LogP contribution is -2.36. The number of benzene rings is 1. The summed E-state index contributed by atoms with van der Waals surface area (Å²) in [5, 5.41) is 7.97. The maximum atomic E-state index is 12.2. The third kappa shape index (κ3) is 4.43. The van der Waals surface area contributed by atoms with Crippen LogP contribution in [0.25, 0.3) is 22.9 Å². The SMILES string of the molecule is CNc1ncc(C=Cc2ccc(N3CCOCC3)cc2)c2cc(NC(=O)C3CC3)ncc12. The van der Waals surface area contributed by atoms with E-state index in [0.29, 0.717) is 5.82 Å². The summed E-state index contributed by atoms with van der Waals surface area (Å²) in [6.07, 6.45) is 9.69. The lowest BCUT2D eigenvalue weighted by Gasteiger charge is -2.28. The normalized spacial score (nSPS) is 16.5. The molecule has 2 fully saturated rings. The molecular weight excluding hydrogens is 402 g/mol. The highest BCUT2D eigenvalue weighted by Gasteiger charge is 2.29. The van der Waals surface area contributed by atoms with Gasteiger partial charge < -0.3 is 20.3 Å². The van der Waals surface area contributed by atoms with Crippen LogP contribution in [-0.4, -0.2) is 49.2 Å². The van der Waals surface area contributed by atoms with Crippen LogP contribution < -0.4 is 15.5 Å². The minimum Gasteiger partial charge on any atom is -0.378 e. The first-order valence-electron chi connectivity index (χ1n) is 11.1. The minimum atomic E-state index is 0.0530. The first-order chi connectivity index (χ1) is 15.7. The largest absolute Gasteiger partial charge is 0.378 e. The Morgan fingerprint density at radius 2 is 1.84 bits per heavy atom. The molecule has 0 bridgehead atoms. The topological polar surface area (TPSA) is 79.4 Å². The zero-order chi connectivity index (χ0) is 21.9. The predicted octanol–water partition coefficient (Wildman–Crippen LogP) is 4.03. The molecule has 1 aromatic carbocycles. The molecule has 1 aliphatic heterocycles. The molecule has 3 heterocycles. The fourth-order valence-electron chi connectivity index (χ4n) is 3.93. The fraction of sp³-hybridized carbons (Fsp3) is 0.320. The Morgan fingerprint density at radius 3 is 2.56 bits per heavy atom. The highest BCUT2D eigenvalue weighted by atomic mass is 16.5. The van der Waals surface area contributed by atoms with Gasteiger partial charge in [-0.25, -0.2) is 9.97 Å². The van der Waals surface area contributed by atoms with Crippen molar-refractivity contribution in [2.24, 2.45) is 5.92 Å². The maximum absolute atomic E-state index is 12.2. The third-order valence-corrected chi connectivity index (χ3v) is 5.96. The second-order valence-electron chi connectivity index (χ2n) is 8.22. The van der Waals surface area contributed by atoms with E-state index in [2.05, 4.69) is 61.9 Å². The zero-order valence-electron chi connectivity index (χ0n) is 18.2. The Labute approximate surface area is 187 Å². The number of carbonyl (C=O) groups is 1. The molecule has 5 rings (SSSR count). The van der Waals surface area contributed by atoms with Gasteiger partial charge in [0.1, 0.15) is 11.6 Å². The molecular formula is C25H27N5O2. The summed E-state index contributed by atoms with van der Waals surface area (Å²) in [6, 6.07) is 10.5. The molecule has 3 aromatic rings. The van der Waals surface area contributed by atoms with E-state index < -0.39 is 0 Å². The van der Waals surface area contributed by atoms with Crippen molar-refractivity contribution in [3.8, 4) is 0 Å². The zero-order valence-corrected chi connectivity index (χ0v) is 18.2. The van der Waals surface area contributed by atoms with Crippen LogP contribution in [0.4, 0.5) is 17.3 Å². The van der Waals surface area contributed by atoms with Gasteiger partial charge in [-0.2, -0.15) is 0 Å². The molecule has 0 spiro atoms. The smallest absolute Gasteiger partial charge is 0.228 e. The van der Waals surface area contributed by atoms with Gasteiger partial charge in [0.05, 0.1) is 13.2 Å². The number of anilines is 3. The molecule has 7 nitrogen and oxygen atoms in total. The van der Waals surface area contributed by atoms with E-state index in [9.17, 15) is 4.79 Å². The molecule has 164 valence electrons. The van der Waals surface area contributed by atoms with Gasteiger partial charge in [-0.15, -0.1) is 0 Å². The van der Waals surface area contributed by atoms with E-state index in [1.54, 1.807) is 6.20 Å². The Bertz CT molecular complexity index is 1150. The summed E-state index contributed by atoms with van der Waals surface area (Å²) in [5.74, 6) is 1.53. The number of aromatic nitrogens is 2. The summed E-state index contributed by atoms with van der Waals surface area (Å²) in [7, 11) is 1.84. The van der Waals surface area contributed by atoms with E-state index in [4.69, 9.17) is 4.74 Å². The van der Waals surface area contributed by atoms with Gasteiger partial charge in [-0.1, -0.05) is 24.3 Å². The predicted molar refractivity (Wildman–Crippen MR) is 129 cm³/mol. The number of carbonyl (C=O) groups excluding carboxylic acids is 1. The first-order valence-corrected chi connectivity index (χ1v) is 11.1. The average molecular weight is 430 g/mol. The molecule has 1 saturated heterocycles. The number of pyridine rings is 2. The summed E-state index contributed by atoms with van der Waals surface area (Å²) >= 11 is 0. The van der Waals surface area contributed by atoms with Gasteiger partial charge in [0.15, 0.2) is 0 Å².